The minimum absolute atomic E-state index is 0. The SMILES string of the molecule is COc1cc(OC)cc(N2CCC(NC(=O)CC3COCCN3)C2=O)c1.Cl. The van der Waals surface area contributed by atoms with Crippen LogP contribution in [0.25, 0.3) is 0 Å². The number of nitrogens with one attached hydrogen (secondary N) is 2. The van der Waals surface area contributed by atoms with Crippen LogP contribution in [0.2, 0.25) is 0 Å². The molecule has 2 aliphatic heterocycles. The highest BCUT2D eigenvalue weighted by Crippen LogP contribution is 2.31. The van der Waals surface area contributed by atoms with Crippen molar-refractivity contribution in [1.29, 1.82) is 0 Å². The van der Waals surface area contributed by atoms with E-state index in [-0.39, 0.29) is 30.3 Å². The number of nitrogens with zero attached hydrogens (tertiary/aromatic N) is 1. The summed E-state index contributed by atoms with van der Waals surface area (Å²) in [7, 11) is 3.13. The Kier molecular flexibility index (Phi) is 7.70. The molecule has 1 aromatic rings. The number of carbonyl (C=O) groups excluding carboxylic acids is 2. The van der Waals surface area contributed by atoms with Gasteiger partial charge in [0.05, 0.1) is 33.1 Å². The lowest BCUT2D eigenvalue weighted by Gasteiger charge is -2.24. The fraction of sp³-hybridized carbons (Fsp3) is 0.556. The van der Waals surface area contributed by atoms with Gasteiger partial charge in [0.15, 0.2) is 0 Å². The average Bonchev–Trinajstić information content (AvgIpc) is 3.02. The van der Waals surface area contributed by atoms with Crippen LogP contribution < -0.4 is 25.0 Å². The first-order valence-electron chi connectivity index (χ1n) is 8.75. The van der Waals surface area contributed by atoms with Crippen LogP contribution in [0, 0.1) is 0 Å². The molecule has 2 atom stereocenters. The van der Waals surface area contributed by atoms with Crippen LogP contribution >= 0.6 is 12.4 Å². The molecule has 8 nitrogen and oxygen atoms in total. The van der Waals surface area contributed by atoms with E-state index in [9.17, 15) is 9.59 Å². The van der Waals surface area contributed by atoms with E-state index in [4.69, 9.17) is 14.2 Å². The predicted octanol–water partition coefficient (Wildman–Crippen LogP) is 0.726. The zero-order valence-corrected chi connectivity index (χ0v) is 16.3. The second-order valence-corrected chi connectivity index (χ2v) is 6.40. The van der Waals surface area contributed by atoms with Crippen LogP contribution in [-0.4, -0.2) is 64.4 Å². The van der Waals surface area contributed by atoms with Gasteiger partial charge in [0.2, 0.25) is 11.8 Å². The molecule has 3 rings (SSSR count). The third-order valence-corrected chi connectivity index (χ3v) is 4.62. The van der Waals surface area contributed by atoms with Crippen molar-refractivity contribution < 1.29 is 23.8 Å². The molecule has 0 aromatic heterocycles. The first kappa shape index (κ1) is 21.3. The van der Waals surface area contributed by atoms with E-state index in [1.165, 1.54) is 0 Å². The summed E-state index contributed by atoms with van der Waals surface area (Å²) in [6, 6.07) is 4.81. The molecule has 2 heterocycles. The van der Waals surface area contributed by atoms with Gasteiger partial charge in [-0.25, -0.2) is 0 Å². The highest BCUT2D eigenvalue weighted by molar-refractivity contribution is 6.01. The Morgan fingerprint density at radius 2 is 2.00 bits per heavy atom. The van der Waals surface area contributed by atoms with Gasteiger partial charge in [0, 0.05) is 43.8 Å². The molecule has 27 heavy (non-hydrogen) atoms. The summed E-state index contributed by atoms with van der Waals surface area (Å²) in [6.07, 6.45) is 0.870. The molecule has 2 saturated heterocycles. The summed E-state index contributed by atoms with van der Waals surface area (Å²) in [4.78, 5) is 26.6. The molecule has 2 N–H and O–H groups in total. The molecule has 2 amide bonds. The van der Waals surface area contributed by atoms with Gasteiger partial charge in [0.1, 0.15) is 17.5 Å². The number of methoxy groups -OCH3 is 2. The van der Waals surface area contributed by atoms with Crippen molar-refractivity contribution in [3.63, 3.8) is 0 Å². The lowest BCUT2D eigenvalue weighted by Crippen LogP contribution is -2.47. The average molecular weight is 400 g/mol. The molecule has 9 heteroatoms. The van der Waals surface area contributed by atoms with Gasteiger partial charge in [-0.15, -0.1) is 12.4 Å². The molecule has 0 aliphatic carbocycles. The van der Waals surface area contributed by atoms with E-state index in [1.807, 2.05) is 0 Å². The van der Waals surface area contributed by atoms with Gasteiger partial charge in [-0.2, -0.15) is 0 Å². The number of anilines is 1. The zero-order chi connectivity index (χ0) is 18.5. The summed E-state index contributed by atoms with van der Waals surface area (Å²) < 4.78 is 15.9. The van der Waals surface area contributed by atoms with Crippen LogP contribution in [0.15, 0.2) is 18.2 Å². The number of carbonyl (C=O) groups is 2. The summed E-state index contributed by atoms with van der Waals surface area (Å²) in [5, 5.41) is 6.08. The number of benzene rings is 1. The molecule has 0 bridgehead atoms. The van der Waals surface area contributed by atoms with Crippen LogP contribution in [0.3, 0.4) is 0 Å². The van der Waals surface area contributed by atoms with Crippen LogP contribution in [-0.2, 0) is 14.3 Å². The molecular formula is C18H26ClN3O5. The molecule has 150 valence electrons. The highest BCUT2D eigenvalue weighted by atomic mass is 35.5. The maximum Gasteiger partial charge on any atom is 0.249 e. The Bertz CT molecular complexity index is 644. The normalized spacial score (nSPS) is 22.1. The fourth-order valence-electron chi connectivity index (χ4n) is 3.25. The van der Waals surface area contributed by atoms with E-state index in [0.717, 1.165) is 6.54 Å². The lowest BCUT2D eigenvalue weighted by molar-refractivity contribution is -0.127. The summed E-state index contributed by atoms with van der Waals surface area (Å²) in [5.74, 6) is 0.962. The van der Waals surface area contributed by atoms with Crippen LogP contribution in [0.5, 0.6) is 11.5 Å². The van der Waals surface area contributed by atoms with Crippen LogP contribution in [0.1, 0.15) is 12.8 Å². The summed E-state index contributed by atoms with van der Waals surface area (Å²) in [6.45, 7) is 2.45. The number of hydrogen-bond donors (Lipinski definition) is 2. The number of amides is 2. The Hall–Kier alpha value is -2.03. The van der Waals surface area contributed by atoms with E-state index >= 15 is 0 Å². The Morgan fingerprint density at radius 3 is 2.59 bits per heavy atom. The third kappa shape index (κ3) is 5.24. The third-order valence-electron chi connectivity index (χ3n) is 4.62. The summed E-state index contributed by atoms with van der Waals surface area (Å²) >= 11 is 0. The monoisotopic (exact) mass is 399 g/mol. The molecule has 2 aliphatic rings. The molecule has 1 aromatic carbocycles. The van der Waals surface area contributed by atoms with E-state index in [2.05, 4.69) is 10.6 Å². The van der Waals surface area contributed by atoms with Gasteiger partial charge >= 0.3 is 0 Å². The molecule has 2 unspecified atom stereocenters. The molecule has 0 radical (unpaired) electrons. The number of ether oxygens (including phenoxy) is 3. The van der Waals surface area contributed by atoms with Crippen molar-refractivity contribution in [2.45, 2.75) is 24.9 Å². The summed E-state index contributed by atoms with van der Waals surface area (Å²) in [5.41, 5.74) is 0.699. The van der Waals surface area contributed by atoms with Gasteiger partial charge in [0.25, 0.3) is 0 Å². The van der Waals surface area contributed by atoms with Crippen molar-refractivity contribution in [2.24, 2.45) is 0 Å². The quantitative estimate of drug-likeness (QED) is 0.733. The number of halogens is 1. The van der Waals surface area contributed by atoms with Gasteiger partial charge in [-0.3, -0.25) is 9.59 Å². The predicted molar refractivity (Wildman–Crippen MR) is 103 cm³/mol. The standard InChI is InChI=1S/C18H25N3O5.ClH/c1-24-14-8-13(9-15(10-14)25-2)21-5-3-16(18(21)23)20-17(22)7-12-11-26-6-4-19-12;/h8-10,12,16,19H,3-7,11H2,1-2H3,(H,20,22);1H. The van der Waals surface area contributed by atoms with E-state index in [0.29, 0.717) is 49.8 Å². The Balaban J connectivity index is 0.00000261. The van der Waals surface area contributed by atoms with Crippen molar-refractivity contribution in [2.75, 3.05) is 45.4 Å². The first-order chi connectivity index (χ1) is 12.6. The topological polar surface area (TPSA) is 89.1 Å². The van der Waals surface area contributed by atoms with E-state index in [1.54, 1.807) is 37.3 Å². The number of rotatable bonds is 6. The van der Waals surface area contributed by atoms with Crippen molar-refractivity contribution in [3.05, 3.63) is 18.2 Å². The van der Waals surface area contributed by atoms with E-state index < -0.39 is 6.04 Å². The molecular weight excluding hydrogens is 374 g/mol. The largest absolute Gasteiger partial charge is 0.497 e. The first-order valence-corrected chi connectivity index (χ1v) is 8.75. The maximum atomic E-state index is 12.7. The number of hydrogen-bond acceptors (Lipinski definition) is 6. The smallest absolute Gasteiger partial charge is 0.249 e. The fourth-order valence-corrected chi connectivity index (χ4v) is 3.25. The van der Waals surface area contributed by atoms with Crippen molar-refractivity contribution in [1.82, 2.24) is 10.6 Å². The maximum absolute atomic E-state index is 12.7. The highest BCUT2D eigenvalue weighted by Gasteiger charge is 2.34. The second-order valence-electron chi connectivity index (χ2n) is 6.40. The molecule has 2 fully saturated rings. The Labute approximate surface area is 164 Å². The van der Waals surface area contributed by atoms with Gasteiger partial charge in [-0.1, -0.05) is 0 Å². The zero-order valence-electron chi connectivity index (χ0n) is 15.5. The second kappa shape index (κ2) is 9.77. The van der Waals surface area contributed by atoms with Gasteiger partial charge in [-0.05, 0) is 6.42 Å². The van der Waals surface area contributed by atoms with Gasteiger partial charge < -0.3 is 29.7 Å². The van der Waals surface area contributed by atoms with Crippen LogP contribution in [0.4, 0.5) is 5.69 Å². The molecule has 0 saturated carbocycles. The number of morpholine rings is 1. The van der Waals surface area contributed by atoms with Crippen molar-refractivity contribution in [3.8, 4) is 11.5 Å². The lowest BCUT2D eigenvalue weighted by atomic mass is 10.1. The molecule has 0 spiro atoms. The minimum atomic E-state index is -0.510. The Morgan fingerprint density at radius 1 is 1.30 bits per heavy atom. The minimum Gasteiger partial charge on any atom is -0.497 e. The van der Waals surface area contributed by atoms with Crippen molar-refractivity contribution >= 4 is 29.9 Å².